The van der Waals surface area contributed by atoms with Gasteiger partial charge < -0.3 is 10.1 Å². The minimum absolute atomic E-state index is 0.122. The number of nitriles is 1. The van der Waals surface area contributed by atoms with Gasteiger partial charge in [-0.1, -0.05) is 24.3 Å². The third-order valence-corrected chi connectivity index (χ3v) is 6.92. The lowest BCUT2D eigenvalue weighted by atomic mass is 10.1. The molecule has 1 N–H and O–H groups in total. The molecule has 1 saturated heterocycles. The number of nitrogens with zero attached hydrogens (tertiary/aromatic N) is 2. The highest BCUT2D eigenvalue weighted by molar-refractivity contribution is 7.93. The van der Waals surface area contributed by atoms with Crippen molar-refractivity contribution in [2.24, 2.45) is 0 Å². The molecule has 4 rings (SSSR count). The monoisotopic (exact) mass is 447 g/mol. The number of rotatable bonds is 6. The molecule has 0 saturated carbocycles. The van der Waals surface area contributed by atoms with Crippen LogP contribution in [0.25, 0.3) is 0 Å². The van der Waals surface area contributed by atoms with Gasteiger partial charge in [0.1, 0.15) is 12.4 Å². The van der Waals surface area contributed by atoms with Crippen LogP contribution in [0.4, 0.5) is 11.4 Å². The normalized spacial score (nSPS) is 14.5. The van der Waals surface area contributed by atoms with Crippen molar-refractivity contribution in [3.05, 3.63) is 89.5 Å². The van der Waals surface area contributed by atoms with Crippen molar-refractivity contribution in [3.8, 4) is 11.8 Å². The summed E-state index contributed by atoms with van der Waals surface area (Å²) in [5, 5.41) is 11.8. The maximum absolute atomic E-state index is 12.8. The molecule has 162 valence electrons. The van der Waals surface area contributed by atoms with E-state index in [-0.39, 0.29) is 11.7 Å². The topological polar surface area (TPSA) is 99.5 Å². The number of nitrogens with one attached hydrogen (secondary N) is 1. The lowest BCUT2D eigenvalue weighted by Gasteiger charge is -2.17. The van der Waals surface area contributed by atoms with E-state index in [2.05, 4.69) is 11.4 Å². The summed E-state index contributed by atoms with van der Waals surface area (Å²) < 4.78 is 31.5. The highest BCUT2D eigenvalue weighted by Gasteiger charge is 2.28. The Morgan fingerprint density at radius 2 is 1.88 bits per heavy atom. The molecule has 0 unspecified atom stereocenters. The van der Waals surface area contributed by atoms with Gasteiger partial charge in [0.15, 0.2) is 0 Å². The first-order chi connectivity index (χ1) is 15.4. The Kier molecular flexibility index (Phi) is 6.10. The number of hydrogen-bond acceptors (Lipinski definition) is 5. The molecule has 32 heavy (non-hydrogen) atoms. The summed E-state index contributed by atoms with van der Waals surface area (Å²) in [6, 6.07) is 22.9. The van der Waals surface area contributed by atoms with E-state index in [4.69, 9.17) is 10.00 Å². The molecule has 0 radical (unpaired) electrons. The Balaban J connectivity index is 1.44. The zero-order chi connectivity index (χ0) is 22.6. The minimum Gasteiger partial charge on any atom is -0.489 e. The van der Waals surface area contributed by atoms with E-state index in [1.165, 1.54) is 4.31 Å². The first-order valence-corrected chi connectivity index (χ1v) is 11.7. The molecule has 0 atom stereocenters. The quantitative estimate of drug-likeness (QED) is 0.617. The van der Waals surface area contributed by atoms with Crippen LogP contribution in [0.3, 0.4) is 0 Å². The summed E-state index contributed by atoms with van der Waals surface area (Å²) in [5.41, 5.74) is 2.84. The average molecular weight is 448 g/mol. The van der Waals surface area contributed by atoms with Gasteiger partial charge in [-0.05, 0) is 54.4 Å². The molecule has 0 spiro atoms. The Morgan fingerprint density at radius 1 is 1.06 bits per heavy atom. The van der Waals surface area contributed by atoms with Crippen LogP contribution in [0.5, 0.6) is 5.75 Å². The number of sulfonamides is 1. The fraction of sp³-hybridized carbons (Fsp3) is 0.167. The van der Waals surface area contributed by atoms with Crippen LogP contribution in [0.2, 0.25) is 0 Å². The van der Waals surface area contributed by atoms with Crippen molar-refractivity contribution in [1.82, 2.24) is 0 Å². The summed E-state index contributed by atoms with van der Waals surface area (Å²) in [6.45, 7) is 0.712. The molecule has 0 bridgehead atoms. The second-order valence-corrected chi connectivity index (χ2v) is 9.39. The second kappa shape index (κ2) is 9.12. The number of anilines is 2. The third kappa shape index (κ3) is 4.90. The first kappa shape index (κ1) is 21.4. The molecule has 0 aliphatic carbocycles. The van der Waals surface area contributed by atoms with E-state index in [1.807, 2.05) is 6.07 Å². The Morgan fingerprint density at radius 3 is 2.66 bits per heavy atom. The number of carbonyl (C=O) groups excluding carboxylic acids is 1. The van der Waals surface area contributed by atoms with E-state index < -0.39 is 10.0 Å². The van der Waals surface area contributed by atoms with Crippen molar-refractivity contribution in [1.29, 1.82) is 5.26 Å². The minimum atomic E-state index is -3.31. The molecule has 1 heterocycles. The Labute approximate surface area is 186 Å². The largest absolute Gasteiger partial charge is 0.489 e. The van der Waals surface area contributed by atoms with Crippen LogP contribution >= 0.6 is 0 Å². The van der Waals surface area contributed by atoms with Gasteiger partial charge in [-0.2, -0.15) is 5.26 Å². The van der Waals surface area contributed by atoms with Crippen molar-refractivity contribution < 1.29 is 17.9 Å². The van der Waals surface area contributed by atoms with Gasteiger partial charge in [0.25, 0.3) is 5.91 Å². The molecule has 3 aromatic rings. The Hall–Kier alpha value is -3.83. The molecule has 8 heteroatoms. The summed E-state index contributed by atoms with van der Waals surface area (Å²) >= 11 is 0. The fourth-order valence-corrected chi connectivity index (χ4v) is 5.05. The Bertz CT molecular complexity index is 1300. The lowest BCUT2D eigenvalue weighted by Crippen LogP contribution is -2.25. The molecule has 1 aliphatic rings. The number of ether oxygens (including phenoxy) is 1. The maximum Gasteiger partial charge on any atom is 0.255 e. The van der Waals surface area contributed by atoms with Crippen molar-refractivity contribution in [2.75, 3.05) is 21.9 Å². The smallest absolute Gasteiger partial charge is 0.255 e. The molecular formula is C24H21N3O4S. The molecule has 3 aromatic carbocycles. The van der Waals surface area contributed by atoms with Gasteiger partial charge in [-0.3, -0.25) is 9.10 Å². The standard InChI is InChI=1S/C24H21N3O4S/c25-16-18-5-1-6-19(13-18)17-31-23-10-3-8-21(15-23)26-24(28)20-7-2-9-22(14-20)27-11-4-12-32(27,29)30/h1-3,5-10,13-15H,4,11-12,17H2,(H,26,28). The van der Waals surface area contributed by atoms with E-state index in [1.54, 1.807) is 66.7 Å². The van der Waals surface area contributed by atoms with Crippen LogP contribution in [0, 0.1) is 11.3 Å². The average Bonchev–Trinajstić information content (AvgIpc) is 3.17. The van der Waals surface area contributed by atoms with Gasteiger partial charge in [-0.15, -0.1) is 0 Å². The number of benzene rings is 3. The third-order valence-electron chi connectivity index (χ3n) is 5.05. The first-order valence-electron chi connectivity index (χ1n) is 10.1. The highest BCUT2D eigenvalue weighted by Crippen LogP contribution is 2.25. The van der Waals surface area contributed by atoms with Crippen LogP contribution in [0.15, 0.2) is 72.8 Å². The fourth-order valence-electron chi connectivity index (χ4n) is 3.50. The SMILES string of the molecule is N#Cc1cccc(COc2cccc(NC(=O)c3cccc(N4CCCS4(=O)=O)c3)c2)c1. The molecule has 0 aromatic heterocycles. The van der Waals surface area contributed by atoms with Crippen LogP contribution < -0.4 is 14.4 Å². The van der Waals surface area contributed by atoms with E-state index in [0.717, 1.165) is 5.56 Å². The summed E-state index contributed by atoms with van der Waals surface area (Å²) in [7, 11) is -3.31. The highest BCUT2D eigenvalue weighted by atomic mass is 32.2. The van der Waals surface area contributed by atoms with Gasteiger partial charge in [0.05, 0.1) is 23.1 Å². The molecule has 1 amide bonds. The van der Waals surface area contributed by atoms with Gasteiger partial charge in [0.2, 0.25) is 10.0 Å². The summed E-state index contributed by atoms with van der Waals surface area (Å²) in [6.07, 6.45) is 0.576. The molecule has 7 nitrogen and oxygen atoms in total. The zero-order valence-electron chi connectivity index (χ0n) is 17.2. The summed E-state index contributed by atoms with van der Waals surface area (Å²) in [5.74, 6) is 0.348. The van der Waals surface area contributed by atoms with E-state index >= 15 is 0 Å². The molecule has 1 aliphatic heterocycles. The maximum atomic E-state index is 12.8. The van der Waals surface area contributed by atoms with Crippen molar-refractivity contribution >= 4 is 27.3 Å². The van der Waals surface area contributed by atoms with Gasteiger partial charge in [0, 0.05) is 23.9 Å². The van der Waals surface area contributed by atoms with Crippen LogP contribution in [0.1, 0.15) is 27.9 Å². The summed E-state index contributed by atoms with van der Waals surface area (Å²) in [4.78, 5) is 12.8. The molecule has 1 fully saturated rings. The van der Waals surface area contributed by atoms with Gasteiger partial charge in [-0.25, -0.2) is 8.42 Å². The van der Waals surface area contributed by atoms with E-state index in [0.29, 0.717) is 47.8 Å². The van der Waals surface area contributed by atoms with Crippen molar-refractivity contribution in [3.63, 3.8) is 0 Å². The number of hydrogen-bond donors (Lipinski definition) is 1. The zero-order valence-corrected chi connectivity index (χ0v) is 18.0. The predicted octanol–water partition coefficient (Wildman–Crippen LogP) is 3.93. The number of carbonyl (C=O) groups is 1. The van der Waals surface area contributed by atoms with Crippen molar-refractivity contribution in [2.45, 2.75) is 13.0 Å². The van der Waals surface area contributed by atoms with Gasteiger partial charge >= 0.3 is 0 Å². The number of amides is 1. The lowest BCUT2D eigenvalue weighted by molar-refractivity contribution is 0.102. The molecular weight excluding hydrogens is 426 g/mol. The van der Waals surface area contributed by atoms with Crippen LogP contribution in [-0.4, -0.2) is 26.6 Å². The predicted molar refractivity (Wildman–Crippen MR) is 122 cm³/mol. The van der Waals surface area contributed by atoms with E-state index in [9.17, 15) is 13.2 Å². The van der Waals surface area contributed by atoms with Crippen LogP contribution in [-0.2, 0) is 16.6 Å². The second-order valence-electron chi connectivity index (χ2n) is 7.37.